The van der Waals surface area contributed by atoms with Crippen molar-refractivity contribution in [3.05, 3.63) is 47.3 Å². The van der Waals surface area contributed by atoms with Gasteiger partial charge >= 0.3 is 0 Å². The van der Waals surface area contributed by atoms with Gasteiger partial charge in [-0.25, -0.2) is 0 Å². The number of piperazine rings is 1. The van der Waals surface area contributed by atoms with E-state index in [1.165, 1.54) is 0 Å². The summed E-state index contributed by atoms with van der Waals surface area (Å²) < 4.78 is 1.97. The fourth-order valence-electron chi connectivity index (χ4n) is 4.38. The van der Waals surface area contributed by atoms with Crippen molar-refractivity contribution in [2.45, 2.75) is 39.7 Å². The number of aromatic nitrogens is 2. The molecule has 1 aromatic heterocycles. The highest BCUT2D eigenvalue weighted by molar-refractivity contribution is 5.95. The summed E-state index contributed by atoms with van der Waals surface area (Å²) in [6.45, 7) is 9.24. The van der Waals surface area contributed by atoms with Crippen LogP contribution in [0.4, 0.5) is 5.69 Å². The van der Waals surface area contributed by atoms with Gasteiger partial charge in [-0.1, -0.05) is 0 Å². The van der Waals surface area contributed by atoms with Gasteiger partial charge in [0.15, 0.2) is 5.69 Å². The molecule has 2 aliphatic rings. The topological polar surface area (TPSA) is 61.7 Å². The predicted octanol–water partition coefficient (Wildman–Crippen LogP) is 2.66. The number of aryl methyl sites for hydroxylation is 2. The zero-order valence-electron chi connectivity index (χ0n) is 18.0. The monoisotopic (exact) mass is 409 g/mol. The fourth-order valence-corrected chi connectivity index (χ4v) is 4.38. The van der Waals surface area contributed by atoms with Crippen LogP contribution < -0.4 is 4.90 Å². The van der Waals surface area contributed by atoms with Gasteiger partial charge in [-0.15, -0.1) is 0 Å². The Morgan fingerprint density at radius 3 is 2.13 bits per heavy atom. The lowest BCUT2D eigenvalue weighted by atomic mass is 10.1. The molecule has 1 fully saturated rings. The van der Waals surface area contributed by atoms with E-state index in [2.05, 4.69) is 23.8 Å². The Hall–Kier alpha value is -2.83. The van der Waals surface area contributed by atoms with Crippen LogP contribution in [0.1, 0.15) is 53.2 Å². The first kappa shape index (κ1) is 20.4. The maximum absolute atomic E-state index is 12.9. The van der Waals surface area contributed by atoms with Crippen LogP contribution in [0.25, 0.3) is 0 Å². The third-order valence-electron chi connectivity index (χ3n) is 6.23. The number of hydrogen-bond acceptors (Lipinski definition) is 4. The molecule has 0 unspecified atom stereocenters. The Bertz CT molecular complexity index is 869. The lowest BCUT2D eigenvalue weighted by molar-refractivity contribution is 0.0532. The minimum Gasteiger partial charge on any atom is -0.372 e. The van der Waals surface area contributed by atoms with Gasteiger partial charge in [0.2, 0.25) is 0 Å². The quantitative estimate of drug-likeness (QED) is 0.762. The molecular weight excluding hydrogens is 378 g/mol. The normalized spacial score (nSPS) is 16.3. The molecule has 0 aliphatic carbocycles. The van der Waals surface area contributed by atoms with Crippen LogP contribution in [-0.4, -0.2) is 70.7 Å². The minimum atomic E-state index is -0.0208. The second kappa shape index (κ2) is 8.90. The third-order valence-corrected chi connectivity index (χ3v) is 6.23. The summed E-state index contributed by atoms with van der Waals surface area (Å²) in [5, 5.41) is 4.50. The lowest BCUT2D eigenvalue weighted by Crippen LogP contribution is -2.50. The highest BCUT2D eigenvalue weighted by Gasteiger charge is 2.27. The number of hydrogen-bond donors (Lipinski definition) is 0. The van der Waals surface area contributed by atoms with Crippen molar-refractivity contribution in [3.63, 3.8) is 0 Å². The summed E-state index contributed by atoms with van der Waals surface area (Å²) in [4.78, 5) is 31.7. The second-order valence-electron chi connectivity index (χ2n) is 8.00. The van der Waals surface area contributed by atoms with Crippen molar-refractivity contribution in [1.82, 2.24) is 19.6 Å². The molecule has 4 rings (SSSR count). The van der Waals surface area contributed by atoms with E-state index in [4.69, 9.17) is 0 Å². The first-order valence-corrected chi connectivity index (χ1v) is 11.1. The van der Waals surface area contributed by atoms with Gasteiger partial charge < -0.3 is 14.7 Å². The van der Waals surface area contributed by atoms with E-state index in [9.17, 15) is 9.59 Å². The molecule has 7 nitrogen and oxygen atoms in total. The standard InChI is InChI=1S/C23H31N5O2/c1-3-25(4-2)19-10-8-18(9-11-19)22(29)26-13-15-27(16-14-26)23(30)21-17-20-7-5-6-12-28(20)24-21/h8-11,17H,3-7,12-16H2,1-2H3. The summed E-state index contributed by atoms with van der Waals surface area (Å²) in [6.07, 6.45) is 3.28. The van der Waals surface area contributed by atoms with Crippen LogP contribution >= 0.6 is 0 Å². The number of fused-ring (bicyclic) bond motifs is 1. The molecular formula is C23H31N5O2. The molecule has 7 heteroatoms. The van der Waals surface area contributed by atoms with Gasteiger partial charge in [0, 0.05) is 62.8 Å². The summed E-state index contributed by atoms with van der Waals surface area (Å²) in [5.74, 6) is 0.0122. The summed E-state index contributed by atoms with van der Waals surface area (Å²) >= 11 is 0. The minimum absolute atomic E-state index is 0.0208. The molecule has 0 N–H and O–H groups in total. The van der Waals surface area contributed by atoms with E-state index in [-0.39, 0.29) is 11.8 Å². The average Bonchev–Trinajstić information content (AvgIpc) is 3.24. The van der Waals surface area contributed by atoms with Crippen molar-refractivity contribution in [2.24, 2.45) is 0 Å². The van der Waals surface area contributed by atoms with Gasteiger partial charge in [0.05, 0.1) is 0 Å². The largest absolute Gasteiger partial charge is 0.372 e. The van der Waals surface area contributed by atoms with Gasteiger partial charge in [0.25, 0.3) is 11.8 Å². The molecule has 0 bridgehead atoms. The molecule has 3 heterocycles. The van der Waals surface area contributed by atoms with Gasteiger partial charge in [-0.05, 0) is 63.4 Å². The van der Waals surface area contributed by atoms with Crippen LogP contribution in [0, 0.1) is 0 Å². The molecule has 2 amide bonds. The maximum Gasteiger partial charge on any atom is 0.274 e. The number of rotatable bonds is 5. The fraction of sp³-hybridized carbons (Fsp3) is 0.522. The van der Waals surface area contributed by atoms with E-state index in [1.54, 1.807) is 0 Å². The molecule has 1 aromatic carbocycles. The van der Waals surface area contributed by atoms with Crippen LogP contribution in [0.2, 0.25) is 0 Å². The number of nitrogens with zero attached hydrogens (tertiary/aromatic N) is 5. The van der Waals surface area contributed by atoms with Crippen molar-refractivity contribution >= 4 is 17.5 Å². The van der Waals surface area contributed by atoms with E-state index >= 15 is 0 Å². The SMILES string of the molecule is CCN(CC)c1ccc(C(=O)N2CCN(C(=O)c3cc4n(n3)CCCC4)CC2)cc1. The molecule has 0 spiro atoms. The molecule has 0 atom stereocenters. The lowest BCUT2D eigenvalue weighted by Gasteiger charge is -2.34. The van der Waals surface area contributed by atoms with Crippen LogP contribution in [-0.2, 0) is 13.0 Å². The van der Waals surface area contributed by atoms with Gasteiger partial charge in [0.1, 0.15) is 0 Å². The average molecular weight is 410 g/mol. The van der Waals surface area contributed by atoms with Crippen molar-refractivity contribution < 1.29 is 9.59 Å². The Morgan fingerprint density at radius 2 is 1.53 bits per heavy atom. The Balaban J connectivity index is 1.35. The first-order valence-electron chi connectivity index (χ1n) is 11.1. The molecule has 30 heavy (non-hydrogen) atoms. The van der Waals surface area contributed by atoms with Crippen LogP contribution in [0.15, 0.2) is 30.3 Å². The molecule has 0 saturated carbocycles. The molecule has 0 radical (unpaired) electrons. The highest BCUT2D eigenvalue weighted by atomic mass is 16.2. The maximum atomic E-state index is 12.9. The molecule has 160 valence electrons. The number of carbonyl (C=O) groups is 2. The zero-order chi connectivity index (χ0) is 21.1. The van der Waals surface area contributed by atoms with Crippen LogP contribution in [0.3, 0.4) is 0 Å². The Kier molecular flexibility index (Phi) is 6.06. The van der Waals surface area contributed by atoms with Crippen molar-refractivity contribution in [1.29, 1.82) is 0 Å². The van der Waals surface area contributed by atoms with Crippen molar-refractivity contribution in [3.8, 4) is 0 Å². The Labute approximate surface area is 178 Å². The predicted molar refractivity (Wildman–Crippen MR) is 117 cm³/mol. The van der Waals surface area contributed by atoms with Gasteiger partial charge in [-0.3, -0.25) is 14.3 Å². The number of anilines is 1. The Morgan fingerprint density at radius 1 is 0.900 bits per heavy atom. The summed E-state index contributed by atoms with van der Waals surface area (Å²) in [6, 6.07) is 9.78. The zero-order valence-corrected chi connectivity index (χ0v) is 18.0. The third kappa shape index (κ3) is 4.06. The second-order valence-corrected chi connectivity index (χ2v) is 8.00. The number of carbonyl (C=O) groups excluding carboxylic acids is 2. The molecule has 2 aliphatic heterocycles. The van der Waals surface area contributed by atoms with E-state index < -0.39 is 0 Å². The highest BCUT2D eigenvalue weighted by Crippen LogP contribution is 2.19. The number of benzene rings is 1. The van der Waals surface area contributed by atoms with E-state index in [0.717, 1.165) is 50.3 Å². The molecule has 1 saturated heterocycles. The van der Waals surface area contributed by atoms with Crippen LogP contribution in [0.5, 0.6) is 0 Å². The summed E-state index contributed by atoms with van der Waals surface area (Å²) in [7, 11) is 0. The van der Waals surface area contributed by atoms with E-state index in [0.29, 0.717) is 37.4 Å². The first-order chi connectivity index (χ1) is 14.6. The summed E-state index contributed by atoms with van der Waals surface area (Å²) in [5.41, 5.74) is 3.53. The number of amides is 2. The van der Waals surface area contributed by atoms with Crippen molar-refractivity contribution in [2.75, 3.05) is 44.2 Å². The molecule has 2 aromatic rings. The smallest absolute Gasteiger partial charge is 0.274 e. The van der Waals surface area contributed by atoms with Gasteiger partial charge in [-0.2, -0.15) is 5.10 Å². The van der Waals surface area contributed by atoms with E-state index in [1.807, 2.05) is 44.8 Å².